The van der Waals surface area contributed by atoms with Gasteiger partial charge in [-0.15, -0.1) is 0 Å². The zero-order valence-electron chi connectivity index (χ0n) is 9.46. The summed E-state index contributed by atoms with van der Waals surface area (Å²) in [6, 6.07) is 2.22. The normalized spacial score (nSPS) is 15.5. The van der Waals surface area contributed by atoms with E-state index in [0.29, 0.717) is 6.79 Å². The van der Waals surface area contributed by atoms with Crippen molar-refractivity contribution in [2.45, 2.75) is 33.2 Å². The molecule has 3 nitrogen and oxygen atoms in total. The molecule has 1 heterocycles. The van der Waals surface area contributed by atoms with E-state index in [4.69, 9.17) is 15.2 Å². The number of hydrogen-bond acceptors (Lipinski definition) is 3. The van der Waals surface area contributed by atoms with Crippen molar-refractivity contribution in [1.82, 2.24) is 0 Å². The third-order valence-electron chi connectivity index (χ3n) is 2.87. The van der Waals surface area contributed by atoms with Gasteiger partial charge in [0.25, 0.3) is 0 Å². The summed E-state index contributed by atoms with van der Waals surface area (Å²) in [6.45, 7) is 6.51. The van der Waals surface area contributed by atoms with E-state index in [1.165, 1.54) is 16.7 Å². The SMILES string of the molecule is Cc1c(CC(C)N)cc2c(c1C)OCO2. The summed E-state index contributed by atoms with van der Waals surface area (Å²) in [5.74, 6) is 1.75. The molecule has 0 aromatic heterocycles. The molecule has 1 atom stereocenters. The lowest BCUT2D eigenvalue weighted by Crippen LogP contribution is -2.18. The molecule has 1 aromatic carbocycles. The predicted octanol–water partition coefficient (Wildman–Crippen LogP) is 1.92. The second kappa shape index (κ2) is 3.74. The van der Waals surface area contributed by atoms with Crippen molar-refractivity contribution < 1.29 is 9.47 Å². The van der Waals surface area contributed by atoms with Crippen molar-refractivity contribution in [3.8, 4) is 11.5 Å². The molecule has 2 rings (SSSR count). The molecule has 1 aliphatic heterocycles. The lowest BCUT2D eigenvalue weighted by molar-refractivity contribution is 0.173. The van der Waals surface area contributed by atoms with Gasteiger partial charge >= 0.3 is 0 Å². The number of hydrogen-bond donors (Lipinski definition) is 1. The minimum Gasteiger partial charge on any atom is -0.454 e. The van der Waals surface area contributed by atoms with Crippen LogP contribution in [0.2, 0.25) is 0 Å². The third kappa shape index (κ3) is 1.79. The Morgan fingerprint density at radius 1 is 1.33 bits per heavy atom. The Labute approximate surface area is 90.2 Å². The van der Waals surface area contributed by atoms with Gasteiger partial charge in [-0.05, 0) is 49.9 Å². The van der Waals surface area contributed by atoms with Crippen LogP contribution in [-0.2, 0) is 6.42 Å². The zero-order valence-corrected chi connectivity index (χ0v) is 9.46. The maximum atomic E-state index is 5.82. The van der Waals surface area contributed by atoms with Gasteiger partial charge in [-0.25, -0.2) is 0 Å². The fraction of sp³-hybridized carbons (Fsp3) is 0.500. The molecule has 0 aliphatic carbocycles. The summed E-state index contributed by atoms with van der Waals surface area (Å²) < 4.78 is 10.8. The van der Waals surface area contributed by atoms with E-state index >= 15 is 0 Å². The highest BCUT2D eigenvalue weighted by molar-refractivity contribution is 5.54. The summed E-state index contributed by atoms with van der Waals surface area (Å²) in [6.07, 6.45) is 0.878. The van der Waals surface area contributed by atoms with E-state index in [-0.39, 0.29) is 6.04 Å². The van der Waals surface area contributed by atoms with Gasteiger partial charge in [0.2, 0.25) is 6.79 Å². The molecular formula is C12H17NO2. The molecule has 0 saturated carbocycles. The van der Waals surface area contributed by atoms with Crippen LogP contribution in [0.1, 0.15) is 23.6 Å². The van der Waals surface area contributed by atoms with Gasteiger partial charge < -0.3 is 15.2 Å². The lowest BCUT2D eigenvalue weighted by atomic mass is 9.97. The molecule has 0 bridgehead atoms. The monoisotopic (exact) mass is 207 g/mol. The minimum atomic E-state index is 0.170. The molecule has 82 valence electrons. The van der Waals surface area contributed by atoms with Gasteiger partial charge in [0.1, 0.15) is 0 Å². The molecule has 1 aliphatic rings. The predicted molar refractivity (Wildman–Crippen MR) is 59.4 cm³/mol. The van der Waals surface area contributed by atoms with Crippen molar-refractivity contribution in [2.75, 3.05) is 6.79 Å². The van der Waals surface area contributed by atoms with Gasteiger partial charge in [-0.3, -0.25) is 0 Å². The quantitative estimate of drug-likeness (QED) is 0.805. The van der Waals surface area contributed by atoms with Gasteiger partial charge in [-0.1, -0.05) is 0 Å². The number of benzene rings is 1. The molecule has 1 unspecified atom stereocenters. The fourth-order valence-electron chi connectivity index (χ4n) is 1.93. The molecule has 0 radical (unpaired) electrons. The molecular weight excluding hydrogens is 190 g/mol. The molecule has 0 amide bonds. The molecule has 2 N–H and O–H groups in total. The molecule has 0 saturated heterocycles. The maximum Gasteiger partial charge on any atom is 0.231 e. The third-order valence-corrected chi connectivity index (χ3v) is 2.87. The maximum absolute atomic E-state index is 5.82. The van der Waals surface area contributed by atoms with Crippen molar-refractivity contribution in [2.24, 2.45) is 5.73 Å². The molecule has 3 heteroatoms. The van der Waals surface area contributed by atoms with Gasteiger partial charge in [0.15, 0.2) is 11.5 Å². The summed E-state index contributed by atoms with van der Waals surface area (Å²) in [7, 11) is 0. The van der Waals surface area contributed by atoms with E-state index in [1.54, 1.807) is 0 Å². The highest BCUT2D eigenvalue weighted by Gasteiger charge is 2.19. The molecule has 1 aromatic rings. The van der Waals surface area contributed by atoms with Crippen molar-refractivity contribution in [3.05, 3.63) is 22.8 Å². The van der Waals surface area contributed by atoms with Gasteiger partial charge in [0.05, 0.1) is 0 Å². The smallest absolute Gasteiger partial charge is 0.231 e. The van der Waals surface area contributed by atoms with Crippen LogP contribution in [0.4, 0.5) is 0 Å². The van der Waals surface area contributed by atoms with Crippen molar-refractivity contribution >= 4 is 0 Å². The Morgan fingerprint density at radius 2 is 2.07 bits per heavy atom. The van der Waals surface area contributed by atoms with E-state index in [0.717, 1.165) is 17.9 Å². The van der Waals surface area contributed by atoms with E-state index in [9.17, 15) is 0 Å². The lowest BCUT2D eigenvalue weighted by Gasteiger charge is -2.13. The summed E-state index contributed by atoms with van der Waals surface area (Å²) in [4.78, 5) is 0. The Balaban J connectivity index is 2.44. The van der Waals surface area contributed by atoms with Crippen LogP contribution >= 0.6 is 0 Å². The summed E-state index contributed by atoms with van der Waals surface area (Å²) in [5.41, 5.74) is 9.50. The van der Waals surface area contributed by atoms with Crippen molar-refractivity contribution in [3.63, 3.8) is 0 Å². The van der Waals surface area contributed by atoms with E-state index in [2.05, 4.69) is 13.8 Å². The van der Waals surface area contributed by atoms with E-state index < -0.39 is 0 Å². The molecule has 15 heavy (non-hydrogen) atoms. The number of ether oxygens (including phenoxy) is 2. The fourth-order valence-corrected chi connectivity index (χ4v) is 1.93. The standard InChI is InChI=1S/C12H17NO2/c1-7(13)4-10-5-11-12(15-6-14-11)9(3)8(10)2/h5,7H,4,6,13H2,1-3H3. The van der Waals surface area contributed by atoms with Gasteiger partial charge in [-0.2, -0.15) is 0 Å². The first-order valence-electron chi connectivity index (χ1n) is 5.24. The average molecular weight is 207 g/mol. The highest BCUT2D eigenvalue weighted by atomic mass is 16.7. The average Bonchev–Trinajstić information content (AvgIpc) is 2.61. The van der Waals surface area contributed by atoms with Crippen LogP contribution in [0, 0.1) is 13.8 Å². The first kappa shape index (κ1) is 10.3. The highest BCUT2D eigenvalue weighted by Crippen LogP contribution is 2.38. The first-order valence-corrected chi connectivity index (χ1v) is 5.24. The Morgan fingerprint density at radius 3 is 2.73 bits per heavy atom. The Hall–Kier alpha value is -1.22. The second-order valence-electron chi connectivity index (χ2n) is 4.20. The zero-order chi connectivity index (χ0) is 11.0. The van der Waals surface area contributed by atoms with Gasteiger partial charge in [0, 0.05) is 6.04 Å². The number of nitrogens with two attached hydrogens (primary N) is 1. The summed E-state index contributed by atoms with van der Waals surface area (Å²) in [5, 5.41) is 0. The Kier molecular flexibility index (Phi) is 2.57. The summed E-state index contributed by atoms with van der Waals surface area (Å²) >= 11 is 0. The van der Waals surface area contributed by atoms with Crippen molar-refractivity contribution in [1.29, 1.82) is 0 Å². The van der Waals surface area contributed by atoms with Crippen LogP contribution in [0.25, 0.3) is 0 Å². The first-order chi connectivity index (χ1) is 7.09. The minimum absolute atomic E-state index is 0.170. The molecule has 0 spiro atoms. The van der Waals surface area contributed by atoms with Crippen LogP contribution in [-0.4, -0.2) is 12.8 Å². The molecule has 0 fully saturated rings. The van der Waals surface area contributed by atoms with Crippen LogP contribution < -0.4 is 15.2 Å². The van der Waals surface area contributed by atoms with Crippen LogP contribution in [0.15, 0.2) is 6.07 Å². The van der Waals surface area contributed by atoms with E-state index in [1.807, 2.05) is 13.0 Å². The van der Waals surface area contributed by atoms with Crippen LogP contribution in [0.3, 0.4) is 0 Å². The number of fused-ring (bicyclic) bond motifs is 1. The second-order valence-corrected chi connectivity index (χ2v) is 4.20. The Bertz CT molecular complexity index is 386. The topological polar surface area (TPSA) is 44.5 Å². The number of rotatable bonds is 2. The van der Waals surface area contributed by atoms with Crippen LogP contribution in [0.5, 0.6) is 11.5 Å². The largest absolute Gasteiger partial charge is 0.454 e.